The summed E-state index contributed by atoms with van der Waals surface area (Å²) in [6, 6.07) is 18.9. The number of nitrogens with one attached hydrogen (secondary N) is 1. The largest absolute Gasteiger partial charge is 0.495 e. The van der Waals surface area contributed by atoms with Gasteiger partial charge < -0.3 is 10.1 Å². The van der Waals surface area contributed by atoms with Crippen LogP contribution in [0, 0.1) is 13.8 Å². The number of hydrogen-bond donors (Lipinski definition) is 1. The zero-order valence-electron chi connectivity index (χ0n) is 21.5. The van der Waals surface area contributed by atoms with E-state index in [9.17, 15) is 9.59 Å². The second-order valence-corrected chi connectivity index (χ2v) is 10.7. The van der Waals surface area contributed by atoms with Crippen LogP contribution in [0.15, 0.2) is 70.6 Å². The topological polar surface area (TPSA) is 73.2 Å². The molecule has 0 radical (unpaired) electrons. The van der Waals surface area contributed by atoms with E-state index in [2.05, 4.69) is 26.1 Å². The maximum Gasteiger partial charge on any atom is 0.266 e. The molecule has 3 aromatic carbocycles. The van der Waals surface area contributed by atoms with Crippen molar-refractivity contribution in [2.24, 2.45) is 0 Å². The minimum Gasteiger partial charge on any atom is -0.495 e. The molecule has 0 unspecified atom stereocenters. The number of thioether (sulfide) groups is 1. The van der Waals surface area contributed by atoms with Crippen LogP contribution < -0.4 is 15.6 Å². The summed E-state index contributed by atoms with van der Waals surface area (Å²) in [6.45, 7) is 10.4. The highest BCUT2D eigenvalue weighted by molar-refractivity contribution is 7.99. The van der Waals surface area contributed by atoms with Crippen LogP contribution in [-0.2, 0) is 10.2 Å². The van der Waals surface area contributed by atoms with Gasteiger partial charge in [0, 0.05) is 0 Å². The highest BCUT2D eigenvalue weighted by Gasteiger charge is 2.19. The highest BCUT2D eigenvalue weighted by Crippen LogP contribution is 2.32. The molecule has 7 heteroatoms. The molecule has 0 bridgehead atoms. The maximum atomic E-state index is 13.6. The number of anilines is 1. The monoisotopic (exact) mass is 501 g/mol. The zero-order chi connectivity index (χ0) is 26.0. The van der Waals surface area contributed by atoms with Gasteiger partial charge in [0.15, 0.2) is 5.16 Å². The van der Waals surface area contributed by atoms with Crippen LogP contribution in [0.2, 0.25) is 0 Å². The molecule has 0 atom stereocenters. The van der Waals surface area contributed by atoms with Crippen molar-refractivity contribution in [3.8, 4) is 11.4 Å². The molecule has 4 aromatic rings. The summed E-state index contributed by atoms with van der Waals surface area (Å²) in [4.78, 5) is 31.3. The van der Waals surface area contributed by atoms with E-state index in [0.29, 0.717) is 27.5 Å². The normalized spacial score (nSPS) is 11.5. The summed E-state index contributed by atoms with van der Waals surface area (Å²) in [5, 5.41) is 3.98. The molecular formula is C29H31N3O3S. The van der Waals surface area contributed by atoms with Crippen molar-refractivity contribution < 1.29 is 9.53 Å². The standard InChI is InChI=1S/C29H31N3O3S/c1-18-10-9-13-24(19(18)2)32-27(34)21-11-7-8-12-22(21)31-28(32)36-17-26(33)30-23-16-20(29(3,4)5)14-15-25(23)35-6/h7-16H,17H2,1-6H3,(H,30,33). The second kappa shape index (κ2) is 10.2. The Kier molecular flexibility index (Phi) is 7.22. The van der Waals surface area contributed by atoms with Crippen LogP contribution in [0.3, 0.4) is 0 Å². The lowest BCUT2D eigenvalue weighted by Gasteiger charge is -2.21. The molecule has 6 nitrogen and oxygen atoms in total. The van der Waals surface area contributed by atoms with E-state index >= 15 is 0 Å². The number of aryl methyl sites for hydroxylation is 1. The second-order valence-electron chi connectivity index (χ2n) is 9.77. The van der Waals surface area contributed by atoms with Gasteiger partial charge in [-0.3, -0.25) is 14.2 Å². The zero-order valence-corrected chi connectivity index (χ0v) is 22.3. The molecule has 4 rings (SSSR count). The third kappa shape index (κ3) is 5.16. The number of benzene rings is 3. The Balaban J connectivity index is 1.68. The Labute approximate surface area is 215 Å². The van der Waals surface area contributed by atoms with Gasteiger partial charge in [0.1, 0.15) is 5.75 Å². The maximum absolute atomic E-state index is 13.6. The number of para-hydroxylation sites is 1. The molecule has 36 heavy (non-hydrogen) atoms. The number of methoxy groups -OCH3 is 1. The number of fused-ring (bicyclic) bond motifs is 1. The Hall–Kier alpha value is -3.58. The van der Waals surface area contributed by atoms with Gasteiger partial charge in [-0.05, 0) is 66.3 Å². The summed E-state index contributed by atoms with van der Waals surface area (Å²) in [5.74, 6) is 0.468. The summed E-state index contributed by atoms with van der Waals surface area (Å²) in [6.07, 6.45) is 0. The molecule has 0 aliphatic heterocycles. The number of carbonyl (C=O) groups is 1. The van der Waals surface area contributed by atoms with E-state index in [4.69, 9.17) is 9.72 Å². The van der Waals surface area contributed by atoms with E-state index in [0.717, 1.165) is 22.4 Å². The Morgan fingerprint density at radius 2 is 1.81 bits per heavy atom. The van der Waals surface area contributed by atoms with Crippen LogP contribution in [-0.4, -0.2) is 28.3 Å². The molecule has 1 N–H and O–H groups in total. The summed E-state index contributed by atoms with van der Waals surface area (Å²) >= 11 is 1.23. The van der Waals surface area contributed by atoms with Gasteiger partial charge in [0.25, 0.3) is 5.56 Å². The number of nitrogens with zero attached hydrogens (tertiary/aromatic N) is 2. The van der Waals surface area contributed by atoms with Gasteiger partial charge in [0.2, 0.25) is 5.91 Å². The third-order valence-corrected chi connectivity index (χ3v) is 7.17. The van der Waals surface area contributed by atoms with Crippen molar-refractivity contribution in [2.45, 2.75) is 45.2 Å². The van der Waals surface area contributed by atoms with Crippen molar-refractivity contribution in [3.63, 3.8) is 0 Å². The molecule has 0 spiro atoms. The lowest BCUT2D eigenvalue weighted by molar-refractivity contribution is -0.113. The lowest BCUT2D eigenvalue weighted by atomic mass is 9.87. The van der Waals surface area contributed by atoms with Gasteiger partial charge in [-0.2, -0.15) is 0 Å². The molecule has 0 saturated carbocycles. The van der Waals surface area contributed by atoms with Crippen molar-refractivity contribution in [1.29, 1.82) is 0 Å². The molecule has 0 saturated heterocycles. The number of hydrogen-bond acceptors (Lipinski definition) is 5. The van der Waals surface area contributed by atoms with E-state index in [1.807, 2.05) is 68.4 Å². The average molecular weight is 502 g/mol. The molecule has 186 valence electrons. The van der Waals surface area contributed by atoms with Crippen molar-refractivity contribution in [1.82, 2.24) is 9.55 Å². The first kappa shape index (κ1) is 25.5. The average Bonchev–Trinajstić information content (AvgIpc) is 2.84. The van der Waals surface area contributed by atoms with Crippen LogP contribution in [0.1, 0.15) is 37.5 Å². The third-order valence-electron chi connectivity index (χ3n) is 6.23. The van der Waals surface area contributed by atoms with Crippen molar-refractivity contribution >= 4 is 34.3 Å². The Morgan fingerprint density at radius 1 is 1.06 bits per heavy atom. The number of rotatable bonds is 6. The van der Waals surface area contributed by atoms with E-state index in [-0.39, 0.29) is 22.6 Å². The fourth-order valence-electron chi connectivity index (χ4n) is 3.99. The molecule has 0 aliphatic carbocycles. The summed E-state index contributed by atoms with van der Waals surface area (Å²) < 4.78 is 7.08. The Bertz CT molecular complexity index is 1500. The number of amides is 1. The van der Waals surface area contributed by atoms with Gasteiger partial charge in [-0.15, -0.1) is 0 Å². The molecule has 1 aromatic heterocycles. The van der Waals surface area contributed by atoms with Gasteiger partial charge in [-0.25, -0.2) is 4.98 Å². The van der Waals surface area contributed by atoms with E-state index in [1.165, 1.54) is 11.8 Å². The quantitative estimate of drug-likeness (QED) is 0.258. The Morgan fingerprint density at radius 3 is 2.53 bits per heavy atom. The fourth-order valence-corrected chi connectivity index (χ4v) is 4.79. The van der Waals surface area contributed by atoms with E-state index < -0.39 is 0 Å². The van der Waals surface area contributed by atoms with Gasteiger partial charge >= 0.3 is 0 Å². The predicted molar refractivity (Wildman–Crippen MR) is 148 cm³/mol. The molecule has 1 heterocycles. The first-order valence-electron chi connectivity index (χ1n) is 11.8. The van der Waals surface area contributed by atoms with Crippen LogP contribution in [0.4, 0.5) is 5.69 Å². The van der Waals surface area contributed by atoms with Crippen LogP contribution >= 0.6 is 11.8 Å². The minimum absolute atomic E-state index is 0.0722. The smallest absolute Gasteiger partial charge is 0.266 e. The molecule has 0 aliphatic rings. The van der Waals surface area contributed by atoms with Crippen molar-refractivity contribution in [2.75, 3.05) is 18.2 Å². The fraction of sp³-hybridized carbons (Fsp3) is 0.276. The highest BCUT2D eigenvalue weighted by atomic mass is 32.2. The summed E-state index contributed by atoms with van der Waals surface area (Å²) in [7, 11) is 1.58. The molecule has 1 amide bonds. The predicted octanol–water partition coefficient (Wildman–Crippen LogP) is 6.04. The number of ether oxygens (including phenoxy) is 1. The molecular weight excluding hydrogens is 470 g/mol. The van der Waals surface area contributed by atoms with Gasteiger partial charge in [-0.1, -0.05) is 62.9 Å². The van der Waals surface area contributed by atoms with E-state index in [1.54, 1.807) is 17.7 Å². The first-order chi connectivity index (χ1) is 17.1. The van der Waals surface area contributed by atoms with Gasteiger partial charge in [0.05, 0.1) is 35.1 Å². The summed E-state index contributed by atoms with van der Waals surface area (Å²) in [5.41, 5.74) is 4.92. The number of carbonyl (C=O) groups excluding carboxylic acids is 1. The van der Waals surface area contributed by atoms with Crippen LogP contribution in [0.5, 0.6) is 5.75 Å². The first-order valence-corrected chi connectivity index (χ1v) is 12.8. The van der Waals surface area contributed by atoms with Crippen LogP contribution in [0.25, 0.3) is 16.6 Å². The lowest BCUT2D eigenvalue weighted by Crippen LogP contribution is -2.24. The minimum atomic E-state index is -0.209. The number of aromatic nitrogens is 2. The van der Waals surface area contributed by atoms with Crippen molar-refractivity contribution in [3.05, 3.63) is 87.7 Å². The molecule has 0 fully saturated rings. The SMILES string of the molecule is COc1ccc(C(C)(C)C)cc1NC(=O)CSc1nc2ccccc2c(=O)n1-c1cccc(C)c1C.